The van der Waals surface area contributed by atoms with Crippen molar-refractivity contribution >= 4 is 16.6 Å². The van der Waals surface area contributed by atoms with E-state index in [-0.39, 0.29) is 27.2 Å². The molecule has 4 saturated carbocycles. The molecule has 8 heteroatoms. The van der Waals surface area contributed by atoms with Gasteiger partial charge in [-0.2, -0.15) is 10.6 Å². The molecule has 5 fully saturated rings. The highest BCUT2D eigenvalue weighted by atomic mass is 32.3. The monoisotopic (exact) mass is 728 g/mol. The number of carboxylic acids is 1. The maximum Gasteiger partial charge on any atom is 0.312 e. The van der Waals surface area contributed by atoms with Gasteiger partial charge in [0.05, 0.1) is 16.9 Å². The Bertz CT molecular complexity index is 1470. The summed E-state index contributed by atoms with van der Waals surface area (Å²) in [6.45, 7) is 22.5. The van der Waals surface area contributed by atoms with Gasteiger partial charge in [0.1, 0.15) is 6.67 Å². The highest BCUT2D eigenvalue weighted by Gasteiger charge is 2.70. The number of aliphatic carboxylic acids is 1. The molecule has 6 nitrogen and oxygen atoms in total. The van der Waals surface area contributed by atoms with Crippen LogP contribution in [0.25, 0.3) is 0 Å². The van der Waals surface area contributed by atoms with Crippen molar-refractivity contribution in [3.8, 4) is 0 Å². The van der Waals surface area contributed by atoms with Crippen LogP contribution in [0.3, 0.4) is 0 Å². The van der Waals surface area contributed by atoms with Gasteiger partial charge in [-0.25, -0.2) is 4.39 Å². The molecule has 10 atom stereocenters. The van der Waals surface area contributed by atoms with E-state index in [0.717, 1.165) is 32.6 Å². The highest BCUT2D eigenvalue weighted by Crippen LogP contribution is 2.76. The summed E-state index contributed by atoms with van der Waals surface area (Å²) in [6, 6.07) is 0. The molecule has 0 aromatic carbocycles. The van der Waals surface area contributed by atoms with Crippen LogP contribution in [0.1, 0.15) is 119 Å². The Balaban J connectivity index is 1.13. The summed E-state index contributed by atoms with van der Waals surface area (Å²) in [5.41, 5.74) is 3.69. The molecular weight excluding hydrogens is 660 g/mol. The first-order valence-corrected chi connectivity index (χ1v) is 22.3. The number of nitrogens with one attached hydrogen (secondary N) is 1. The van der Waals surface area contributed by atoms with Gasteiger partial charge in [0, 0.05) is 31.7 Å². The van der Waals surface area contributed by atoms with Gasteiger partial charge in [0.15, 0.2) is 0 Å². The fourth-order valence-electron chi connectivity index (χ4n) is 14.6. The lowest BCUT2D eigenvalue weighted by molar-refractivity contribution is -0.221. The molecule has 6 aliphatic carbocycles. The van der Waals surface area contributed by atoms with E-state index in [0.29, 0.717) is 60.4 Å². The molecule has 1 heterocycles. The largest absolute Gasteiger partial charge is 0.481 e. The van der Waals surface area contributed by atoms with E-state index in [4.69, 9.17) is 0 Å². The number of hydrogen-bond donors (Lipinski definition) is 4. The topological polar surface area (TPSA) is 93.0 Å². The van der Waals surface area contributed by atoms with Crippen LogP contribution < -0.4 is 5.32 Å². The first-order chi connectivity index (χ1) is 23.9. The van der Waals surface area contributed by atoms with Crippen LogP contribution in [0, 0.1) is 56.7 Å². The van der Waals surface area contributed by atoms with Crippen molar-refractivity contribution in [1.29, 1.82) is 0 Å². The zero-order valence-corrected chi connectivity index (χ0v) is 33.5. The molecule has 0 bridgehead atoms. The zero-order chi connectivity index (χ0) is 36.8. The summed E-state index contributed by atoms with van der Waals surface area (Å²) in [5, 5.41) is 14.0. The van der Waals surface area contributed by atoms with Crippen molar-refractivity contribution in [2.75, 3.05) is 44.4 Å². The maximum absolute atomic E-state index is 14.0. The lowest BCUT2D eigenvalue weighted by Crippen LogP contribution is -2.68. The average Bonchev–Trinajstić information content (AvgIpc) is 3.46. The lowest BCUT2D eigenvalue weighted by atomic mass is 9.33. The Kier molecular flexibility index (Phi) is 9.68. The van der Waals surface area contributed by atoms with Gasteiger partial charge in [-0.15, -0.1) is 0 Å². The summed E-state index contributed by atoms with van der Waals surface area (Å²) in [6.07, 6.45) is 17.1. The predicted molar refractivity (Wildman–Crippen MR) is 208 cm³/mol. The van der Waals surface area contributed by atoms with Gasteiger partial charge in [-0.3, -0.25) is 18.8 Å². The van der Waals surface area contributed by atoms with Gasteiger partial charge in [0.2, 0.25) is 0 Å². The van der Waals surface area contributed by atoms with E-state index in [1.807, 2.05) is 0 Å². The normalized spacial score (nSPS) is 46.7. The van der Waals surface area contributed by atoms with Crippen LogP contribution in [0.15, 0.2) is 35.5 Å². The Hall–Kier alpha value is -1.19. The minimum Gasteiger partial charge on any atom is -0.481 e. The fraction of sp³-hybridized carbons (Fsp3) is 0.837. The van der Waals surface area contributed by atoms with E-state index in [2.05, 4.69) is 70.5 Å². The summed E-state index contributed by atoms with van der Waals surface area (Å²) in [4.78, 5) is 14.4. The molecule has 288 valence electrons. The summed E-state index contributed by atoms with van der Waals surface area (Å²) in [5.74, 6) is 3.10. The number of alkyl halides is 1. The minimum atomic E-state index is -2.37. The van der Waals surface area contributed by atoms with Crippen molar-refractivity contribution in [2.24, 2.45) is 56.7 Å². The van der Waals surface area contributed by atoms with Gasteiger partial charge in [-0.1, -0.05) is 58.9 Å². The molecule has 0 aromatic rings. The molecule has 0 aromatic heterocycles. The Morgan fingerprint density at radius 1 is 0.941 bits per heavy atom. The van der Waals surface area contributed by atoms with Crippen molar-refractivity contribution in [2.45, 2.75) is 124 Å². The summed E-state index contributed by atoms with van der Waals surface area (Å²) >= 11 is 0. The van der Waals surface area contributed by atoms with Gasteiger partial charge >= 0.3 is 5.97 Å². The van der Waals surface area contributed by atoms with Gasteiger partial charge in [-0.05, 0) is 146 Å². The zero-order valence-electron chi connectivity index (χ0n) is 32.7. The lowest BCUT2D eigenvalue weighted by Gasteiger charge is -2.72. The fourth-order valence-corrected chi connectivity index (χ4v) is 15.9. The number of allylic oxidation sites excluding steroid dienone is 5. The van der Waals surface area contributed by atoms with Crippen LogP contribution >= 0.6 is 10.6 Å². The number of nitrogens with zero attached hydrogens (tertiary/aromatic N) is 1. The van der Waals surface area contributed by atoms with Crippen LogP contribution in [-0.2, 0) is 4.79 Å². The van der Waals surface area contributed by atoms with Crippen molar-refractivity contribution < 1.29 is 23.4 Å². The van der Waals surface area contributed by atoms with Crippen LogP contribution in [0.4, 0.5) is 4.39 Å². The third kappa shape index (κ3) is 5.80. The van der Waals surface area contributed by atoms with Crippen molar-refractivity contribution in [1.82, 2.24) is 10.2 Å². The maximum atomic E-state index is 14.0. The summed E-state index contributed by atoms with van der Waals surface area (Å²) in [7, 11) is -2.37. The van der Waals surface area contributed by atoms with Gasteiger partial charge in [0.25, 0.3) is 0 Å². The van der Waals surface area contributed by atoms with Gasteiger partial charge < -0.3 is 10.4 Å². The SMILES string of the molecule is C=C(C)[C@@H]1CC[C@]2(NCCN3CCS(O)(O)CC3)CC[C@]3(C)[C@H](CC[C@@H]4[C@@]5(C)CC=C(C6=CC[C@](CF)(C(=O)O)CC6)C(C)(C)[C@@H]5CC[C@]43C)[C@@H]12. The van der Waals surface area contributed by atoms with Crippen LogP contribution in [-0.4, -0.2) is 75.0 Å². The Labute approximate surface area is 309 Å². The summed E-state index contributed by atoms with van der Waals surface area (Å²) < 4.78 is 34.2. The second-order valence-electron chi connectivity index (χ2n) is 20.0. The molecule has 1 saturated heterocycles. The van der Waals surface area contributed by atoms with Crippen molar-refractivity contribution in [3.05, 3.63) is 35.5 Å². The van der Waals surface area contributed by atoms with E-state index in [1.165, 1.54) is 68.1 Å². The predicted octanol–water partition coefficient (Wildman–Crippen LogP) is 9.74. The molecule has 0 spiro atoms. The smallest absolute Gasteiger partial charge is 0.312 e. The second kappa shape index (κ2) is 13.0. The number of carbonyl (C=O) groups is 1. The number of halogens is 1. The molecule has 4 N–H and O–H groups in total. The molecule has 51 heavy (non-hydrogen) atoms. The number of fused-ring (bicyclic) bond motifs is 7. The Morgan fingerprint density at radius 3 is 2.29 bits per heavy atom. The quantitative estimate of drug-likeness (QED) is 0.186. The molecule has 0 unspecified atom stereocenters. The Morgan fingerprint density at radius 2 is 1.67 bits per heavy atom. The third-order valence-electron chi connectivity index (χ3n) is 17.7. The number of hydrogen-bond acceptors (Lipinski definition) is 5. The van der Waals surface area contributed by atoms with E-state index in [9.17, 15) is 23.4 Å². The highest BCUT2D eigenvalue weighted by molar-refractivity contribution is 8.24. The van der Waals surface area contributed by atoms with Crippen LogP contribution in [0.5, 0.6) is 0 Å². The van der Waals surface area contributed by atoms with Crippen LogP contribution in [0.2, 0.25) is 0 Å². The second-order valence-corrected chi connectivity index (χ2v) is 22.4. The molecule has 7 aliphatic rings. The number of rotatable bonds is 8. The van der Waals surface area contributed by atoms with Crippen molar-refractivity contribution in [3.63, 3.8) is 0 Å². The first-order valence-electron chi connectivity index (χ1n) is 20.4. The molecule has 7 rings (SSSR count). The molecule has 0 amide bonds. The first kappa shape index (κ1) is 38.1. The average molecular weight is 729 g/mol. The third-order valence-corrected chi connectivity index (χ3v) is 19.4. The molecule has 0 radical (unpaired) electrons. The van der Waals surface area contributed by atoms with E-state index in [1.54, 1.807) is 0 Å². The molecular formula is C43H69FN2O4S. The van der Waals surface area contributed by atoms with E-state index >= 15 is 0 Å². The standard InChI is InChI=1S/C43H69FN2O4S/c1-29(2)31-12-19-43(45-22-23-46-24-26-51(49,50)27-25-46)21-20-40(6)33(36(31)43)8-9-35-39(5)15-13-32(38(3,4)34(39)14-16-41(35,40)7)30-10-17-42(28-44,18-11-30)37(47)48/h10,13,31,33-36,45,49-50H,1,8-9,11-12,14-28H2,2-7H3,(H,47,48)/t31-,33+,34-,35+,36+,39-,40+,41+,42-,43-/m0/s1. The van der Waals surface area contributed by atoms with E-state index < -0.39 is 28.6 Å². The number of carboxylic acid groups (broad SMARTS) is 1. The minimum absolute atomic E-state index is 0.00941. The molecule has 1 aliphatic heterocycles.